The Balaban J connectivity index is 2.73. The quantitative estimate of drug-likeness (QED) is 0.168. The molecule has 0 saturated carbocycles. The zero-order chi connectivity index (χ0) is 36.9. The van der Waals surface area contributed by atoms with E-state index in [1.165, 1.54) is 0 Å². The van der Waals surface area contributed by atoms with Crippen LogP contribution in [0.1, 0.15) is 63.7 Å². The highest BCUT2D eigenvalue weighted by molar-refractivity contribution is 5.97. The van der Waals surface area contributed by atoms with Crippen molar-refractivity contribution in [1.82, 2.24) is 0 Å². The van der Waals surface area contributed by atoms with E-state index >= 15 is 0 Å². The van der Waals surface area contributed by atoms with Crippen LogP contribution in [0.3, 0.4) is 0 Å². The first-order valence-electron chi connectivity index (χ1n) is 11.8. The van der Waals surface area contributed by atoms with Gasteiger partial charge in [-0.15, -0.1) is 0 Å². The smallest absolute Gasteiger partial charge is 0.420 e. The lowest BCUT2D eigenvalue weighted by Gasteiger charge is -2.29. The van der Waals surface area contributed by atoms with Gasteiger partial charge in [0.2, 0.25) is 0 Å². The highest BCUT2D eigenvalue weighted by atomic mass is 19.4. The minimum atomic E-state index is -6.94. The van der Waals surface area contributed by atoms with Crippen LogP contribution in [-0.4, -0.2) is 44.3 Å². The van der Waals surface area contributed by atoms with Crippen molar-refractivity contribution in [3.05, 3.63) is 80.9 Å². The largest absolute Gasteiger partial charge is 0.478 e. The molecule has 3 aromatic carbocycles. The molecule has 48 heavy (non-hydrogen) atoms. The van der Waals surface area contributed by atoms with E-state index in [4.69, 9.17) is 10.2 Å². The molecule has 0 aliphatic rings. The molecule has 0 spiro atoms. The van der Waals surface area contributed by atoms with E-state index in [0.29, 0.717) is 12.1 Å². The second kappa shape index (κ2) is 12.2. The average Bonchev–Trinajstić information content (AvgIpc) is 2.90. The summed E-state index contributed by atoms with van der Waals surface area (Å²) < 4.78 is 180. The van der Waals surface area contributed by atoms with Crippen LogP contribution in [0.2, 0.25) is 0 Å². The van der Waals surface area contributed by atoms with Crippen molar-refractivity contribution >= 4 is 23.9 Å². The van der Waals surface area contributed by atoms with E-state index < -0.39 is 116 Å². The van der Waals surface area contributed by atoms with Gasteiger partial charge in [-0.3, -0.25) is 0 Å². The number of hydrogen-bond acceptors (Lipinski definition) is 6. The second-order valence-electron chi connectivity index (χ2n) is 9.00. The lowest BCUT2D eigenvalue weighted by Crippen LogP contribution is -2.29. The third-order valence-electron chi connectivity index (χ3n) is 5.88. The summed E-state index contributed by atoms with van der Waals surface area (Å²) in [6, 6.07) is 1.15. The van der Waals surface area contributed by atoms with Gasteiger partial charge in [0.05, 0.1) is 22.3 Å². The molecule has 10 nitrogen and oxygen atoms in total. The van der Waals surface area contributed by atoms with Crippen LogP contribution in [-0.2, 0) is 24.7 Å². The van der Waals surface area contributed by atoms with E-state index in [1.807, 2.05) is 0 Å². The molecule has 0 heterocycles. The van der Waals surface area contributed by atoms with Crippen LogP contribution in [0.5, 0.6) is 23.0 Å². The Labute approximate surface area is 255 Å². The zero-order valence-electron chi connectivity index (χ0n) is 22.2. The van der Waals surface area contributed by atoms with Gasteiger partial charge in [-0.25, -0.2) is 19.2 Å². The molecule has 0 saturated heterocycles. The fourth-order valence-corrected chi connectivity index (χ4v) is 4.06. The van der Waals surface area contributed by atoms with Crippen LogP contribution < -0.4 is 9.47 Å². The first-order chi connectivity index (χ1) is 21.7. The van der Waals surface area contributed by atoms with Crippen molar-refractivity contribution in [1.29, 1.82) is 0 Å². The number of halogens is 12. The summed E-state index contributed by atoms with van der Waals surface area (Å²) in [5, 5.41) is 37.0. The Morgan fingerprint density at radius 1 is 0.438 bits per heavy atom. The lowest BCUT2D eigenvalue weighted by atomic mass is 9.91. The fraction of sp³-hybridized carbons (Fsp3) is 0.154. The zero-order valence-corrected chi connectivity index (χ0v) is 22.2. The molecule has 3 aromatic rings. The van der Waals surface area contributed by atoms with E-state index in [-0.39, 0.29) is 24.3 Å². The number of ether oxygens (including phenoxy) is 2. The van der Waals surface area contributed by atoms with Gasteiger partial charge in [0, 0.05) is 0 Å². The van der Waals surface area contributed by atoms with Gasteiger partial charge in [0.25, 0.3) is 0 Å². The Morgan fingerprint density at radius 2 is 0.708 bits per heavy atom. The lowest BCUT2D eigenvalue weighted by molar-refractivity contribution is -0.183. The van der Waals surface area contributed by atoms with Crippen molar-refractivity contribution in [2.24, 2.45) is 0 Å². The van der Waals surface area contributed by atoms with Crippen molar-refractivity contribution in [2.75, 3.05) is 0 Å². The molecular weight excluding hydrogens is 700 g/mol. The summed E-state index contributed by atoms with van der Waals surface area (Å²) in [4.78, 5) is 46.0. The summed E-state index contributed by atoms with van der Waals surface area (Å²) >= 11 is 0. The third-order valence-corrected chi connectivity index (χ3v) is 5.88. The minimum Gasteiger partial charge on any atom is -0.478 e. The molecular formula is C26H10F12O10. The molecule has 0 atom stereocenters. The molecule has 3 rings (SSSR count). The normalized spacial score (nSPS) is 12.4. The second-order valence-corrected chi connectivity index (χ2v) is 9.00. The standard InChI is InChI=1S/C26H10F12O10/c27-23(28,29)13-14(24(30,31)32)16(26(36,37)38)18(48-12-4-2-8(20(41)42)6-10(12)22(45)46)17(15(13)25(33,34)35)47-11-3-1-7(19(39)40)5-9(11)21(43)44/h1-6H,(H,39,40)(H,41,42)(H,43,44)(H,45,46). The van der Waals surface area contributed by atoms with E-state index in [0.717, 1.165) is 0 Å². The maximum Gasteiger partial charge on any atom is 0.420 e. The van der Waals surface area contributed by atoms with Gasteiger partial charge < -0.3 is 29.9 Å². The number of carbonyl (C=O) groups is 4. The SMILES string of the molecule is O=C(O)c1ccc(Oc2c(Oc3ccc(C(=O)O)cc3C(=O)O)c(C(F)(F)F)c(C(F)(F)F)c(C(F)(F)F)c2C(F)(F)F)c(C(=O)O)c1. The molecule has 0 bridgehead atoms. The Hall–Kier alpha value is -5.70. The predicted molar refractivity (Wildman–Crippen MR) is 127 cm³/mol. The summed E-state index contributed by atoms with van der Waals surface area (Å²) in [5.74, 6) is -17.7. The summed E-state index contributed by atoms with van der Waals surface area (Å²) in [6.07, 6.45) is -27.4. The fourth-order valence-electron chi connectivity index (χ4n) is 4.06. The predicted octanol–water partition coefficient (Wildman–Crippen LogP) is 8.14. The molecule has 0 aliphatic heterocycles. The van der Waals surface area contributed by atoms with Crippen LogP contribution in [0.4, 0.5) is 52.7 Å². The molecule has 22 heteroatoms. The van der Waals surface area contributed by atoms with Gasteiger partial charge in [-0.05, 0) is 36.4 Å². The third kappa shape index (κ3) is 7.31. The van der Waals surface area contributed by atoms with Gasteiger partial charge in [0.15, 0.2) is 11.5 Å². The van der Waals surface area contributed by atoms with E-state index in [2.05, 4.69) is 9.47 Å². The van der Waals surface area contributed by atoms with Crippen LogP contribution in [0.15, 0.2) is 36.4 Å². The highest BCUT2D eigenvalue weighted by Crippen LogP contribution is 2.60. The van der Waals surface area contributed by atoms with Crippen molar-refractivity contribution in [3.63, 3.8) is 0 Å². The number of benzene rings is 3. The van der Waals surface area contributed by atoms with Crippen LogP contribution in [0.25, 0.3) is 0 Å². The van der Waals surface area contributed by atoms with E-state index in [1.54, 1.807) is 0 Å². The number of hydrogen-bond donors (Lipinski definition) is 4. The molecule has 0 aromatic heterocycles. The van der Waals surface area contributed by atoms with Gasteiger partial charge in [-0.2, -0.15) is 52.7 Å². The monoisotopic (exact) mass is 710 g/mol. The molecule has 4 N–H and O–H groups in total. The van der Waals surface area contributed by atoms with E-state index in [9.17, 15) is 82.1 Å². The van der Waals surface area contributed by atoms with Gasteiger partial charge in [0.1, 0.15) is 33.8 Å². The first kappa shape index (κ1) is 36.8. The number of alkyl halides is 12. The van der Waals surface area contributed by atoms with Crippen molar-refractivity contribution < 1.29 is 102 Å². The first-order valence-corrected chi connectivity index (χ1v) is 11.8. The number of aromatic carboxylic acids is 4. The van der Waals surface area contributed by atoms with Crippen molar-refractivity contribution in [2.45, 2.75) is 24.7 Å². The Kier molecular flexibility index (Phi) is 9.31. The average molecular weight is 710 g/mol. The van der Waals surface area contributed by atoms with Crippen molar-refractivity contribution in [3.8, 4) is 23.0 Å². The number of carboxylic acids is 4. The van der Waals surface area contributed by atoms with Gasteiger partial charge >= 0.3 is 48.6 Å². The summed E-state index contributed by atoms with van der Waals surface area (Å²) in [7, 11) is 0. The molecule has 0 amide bonds. The maximum absolute atomic E-state index is 14.4. The molecule has 258 valence electrons. The maximum atomic E-state index is 14.4. The highest BCUT2D eigenvalue weighted by Gasteiger charge is 2.59. The number of rotatable bonds is 8. The Bertz CT molecular complexity index is 1710. The molecule has 0 unspecified atom stereocenters. The topological polar surface area (TPSA) is 168 Å². The number of carboxylic acid groups (broad SMARTS) is 4. The Morgan fingerprint density at radius 3 is 0.917 bits per heavy atom. The summed E-state index contributed by atoms with van der Waals surface area (Å²) in [6.45, 7) is 0. The van der Waals surface area contributed by atoms with Crippen LogP contribution in [0, 0.1) is 0 Å². The molecule has 0 aliphatic carbocycles. The molecule has 0 radical (unpaired) electrons. The van der Waals surface area contributed by atoms with Gasteiger partial charge in [-0.1, -0.05) is 0 Å². The molecule has 0 fully saturated rings. The minimum absolute atomic E-state index is 0.111. The summed E-state index contributed by atoms with van der Waals surface area (Å²) in [5.41, 5.74) is -20.4. The van der Waals surface area contributed by atoms with Crippen LogP contribution >= 0.6 is 0 Å².